The number of nitrogens with zero attached hydrogens (tertiary/aromatic N) is 2. The Morgan fingerprint density at radius 3 is 1.69 bits per heavy atom. The molecule has 1 aliphatic rings. The van der Waals surface area contributed by atoms with Crippen molar-refractivity contribution in [1.82, 2.24) is 36.4 Å². The molecule has 22 nitrogen and oxygen atoms in total. The van der Waals surface area contributed by atoms with Gasteiger partial charge in [0.25, 0.3) is 0 Å². The second-order valence-corrected chi connectivity index (χ2v) is 23.7. The van der Waals surface area contributed by atoms with Gasteiger partial charge in [-0.15, -0.1) is 0 Å². The molecule has 3 aromatic rings. The number of nitrogens with one attached hydrogen (secondary N) is 5. The van der Waals surface area contributed by atoms with Crippen molar-refractivity contribution >= 4 is 76.2 Å². The van der Waals surface area contributed by atoms with E-state index in [0.29, 0.717) is 16.7 Å². The number of rotatable bonds is 18. The molecular formula is C65H88N8O14. The van der Waals surface area contributed by atoms with E-state index in [-0.39, 0.29) is 57.3 Å². The van der Waals surface area contributed by atoms with Crippen molar-refractivity contribution in [2.45, 2.75) is 168 Å². The number of likely N-dealkylation sites (N-methyl/N-ethyl adjacent to an activating group) is 2. The normalized spacial score (nSPS) is 23.1. The molecule has 1 unspecified atom stereocenters. The lowest BCUT2D eigenvalue weighted by atomic mass is 9.87. The van der Waals surface area contributed by atoms with Crippen LogP contribution in [0.4, 0.5) is 0 Å². The Balaban J connectivity index is 1.85. The summed E-state index contributed by atoms with van der Waals surface area (Å²) < 4.78 is 0. The van der Waals surface area contributed by atoms with Crippen LogP contribution in [-0.2, 0) is 81.6 Å². The Kier molecular flexibility index (Phi) is 28.5. The zero-order valence-electron chi connectivity index (χ0n) is 51.5. The van der Waals surface area contributed by atoms with Gasteiger partial charge in [-0.05, 0) is 61.1 Å². The summed E-state index contributed by atoms with van der Waals surface area (Å²) in [6, 6.07) is 16.7. The van der Waals surface area contributed by atoms with Gasteiger partial charge in [-0.3, -0.25) is 62.3 Å². The van der Waals surface area contributed by atoms with Crippen LogP contribution in [0.3, 0.4) is 0 Å². The van der Waals surface area contributed by atoms with Gasteiger partial charge in [-0.1, -0.05) is 133 Å². The summed E-state index contributed by atoms with van der Waals surface area (Å²) in [6.45, 7) is 10.5. The van der Waals surface area contributed by atoms with Crippen LogP contribution in [0.5, 0.6) is 0 Å². The van der Waals surface area contributed by atoms with Crippen LogP contribution in [0.15, 0.2) is 91.0 Å². The maximum atomic E-state index is 14.9. The lowest BCUT2D eigenvalue weighted by Crippen LogP contribution is -2.57. The molecule has 1 fully saturated rings. The van der Waals surface area contributed by atoms with Crippen LogP contribution >= 0.6 is 0 Å². The van der Waals surface area contributed by atoms with Gasteiger partial charge in [0.15, 0.2) is 28.9 Å². The van der Waals surface area contributed by atoms with Crippen molar-refractivity contribution in [1.29, 1.82) is 0 Å². The zero-order valence-corrected chi connectivity index (χ0v) is 51.5. The molecular weight excluding hydrogens is 1120 g/mol. The summed E-state index contributed by atoms with van der Waals surface area (Å²) in [6.07, 6.45) is -3.49. The first kappa shape index (κ1) is 71.2. The highest BCUT2D eigenvalue weighted by Gasteiger charge is 2.39. The molecule has 10 atom stereocenters. The Labute approximate surface area is 509 Å². The molecule has 1 aliphatic heterocycles. The van der Waals surface area contributed by atoms with Crippen LogP contribution < -0.4 is 32.3 Å². The molecule has 472 valence electrons. The zero-order chi connectivity index (χ0) is 64.7. The van der Waals surface area contributed by atoms with E-state index in [0.717, 1.165) is 4.90 Å². The van der Waals surface area contributed by atoms with Gasteiger partial charge in [0.1, 0.15) is 18.1 Å². The summed E-state index contributed by atoms with van der Waals surface area (Å²) >= 11 is 0. The molecule has 87 heavy (non-hydrogen) atoms. The number of hydrogen-bond acceptors (Lipinski definition) is 14. The third kappa shape index (κ3) is 22.8. The van der Waals surface area contributed by atoms with Gasteiger partial charge in [-0.2, -0.15) is 0 Å². The van der Waals surface area contributed by atoms with Gasteiger partial charge in [-0.25, -0.2) is 0 Å². The standard InChI is InChI=1S/C65H88N8O14/c1-38(2)29-47-54(77)30-40(5)61(83)71-60(39(3)4)56(79)35-46(32-43-19-13-10-14-20-43)63(85)69-49(65(87)72(8)42(7)62(84)70-50(37-74)52(75)25-27-57(66)80)36-59(82)68-48(33-44-21-15-11-16-22-44)55(78)31-41(6)64(86)73(9)51(34-45-23-17-12-18-24-45)53(76)26-28-58(81)67-47/h10-24,38-42,46-51,60,74H,25-37H2,1-9H3,(H2,66,80)(H,67,81)(H,68,82)(H,69,85)(H,70,84)(H,71,83)/t40-,41-,42+,46-,47+,48?,49+,50+,51+,60+/m1/s1. The monoisotopic (exact) mass is 1200 g/mol. The fourth-order valence-electron chi connectivity index (χ4n) is 10.3. The minimum Gasteiger partial charge on any atom is -0.394 e. The minimum atomic E-state index is -1.81. The van der Waals surface area contributed by atoms with Crippen molar-refractivity contribution < 1.29 is 67.4 Å². The van der Waals surface area contributed by atoms with Crippen LogP contribution in [-0.4, -0.2) is 154 Å². The maximum Gasteiger partial charge on any atom is 0.246 e. The predicted molar refractivity (Wildman–Crippen MR) is 323 cm³/mol. The molecule has 3 aromatic carbocycles. The predicted octanol–water partition coefficient (Wildman–Crippen LogP) is 2.86. The van der Waals surface area contributed by atoms with Crippen molar-refractivity contribution in [2.75, 3.05) is 20.7 Å². The Morgan fingerprint density at radius 2 is 1.15 bits per heavy atom. The fourth-order valence-corrected chi connectivity index (χ4v) is 10.3. The maximum absolute atomic E-state index is 14.9. The van der Waals surface area contributed by atoms with Crippen molar-refractivity contribution in [3.05, 3.63) is 108 Å². The van der Waals surface area contributed by atoms with Crippen molar-refractivity contribution in [3.63, 3.8) is 0 Å². The summed E-state index contributed by atoms with van der Waals surface area (Å²) in [4.78, 5) is 184. The number of Topliss-reactive ketones (excluding diaryl/α,β-unsaturated/α-hetero) is 5. The highest BCUT2D eigenvalue weighted by Crippen LogP contribution is 2.22. The summed E-state index contributed by atoms with van der Waals surface area (Å²) in [5, 5.41) is 23.3. The van der Waals surface area contributed by atoms with Gasteiger partial charge in [0.2, 0.25) is 47.3 Å². The molecule has 0 bridgehead atoms. The lowest BCUT2D eigenvalue weighted by Gasteiger charge is -2.31. The molecule has 8 amide bonds. The first-order valence-corrected chi connectivity index (χ1v) is 29.8. The molecule has 4 rings (SSSR count). The molecule has 1 saturated heterocycles. The van der Waals surface area contributed by atoms with E-state index in [2.05, 4.69) is 26.6 Å². The Hall–Kier alpha value is -8.27. The third-order valence-corrected chi connectivity index (χ3v) is 15.7. The summed E-state index contributed by atoms with van der Waals surface area (Å²) in [7, 11) is 2.63. The summed E-state index contributed by atoms with van der Waals surface area (Å²) in [5.41, 5.74) is 7.10. The van der Waals surface area contributed by atoms with E-state index in [4.69, 9.17) is 5.73 Å². The van der Waals surface area contributed by atoms with Gasteiger partial charge < -0.3 is 47.2 Å². The average molecular weight is 1210 g/mol. The number of aliphatic hydroxyl groups is 1. The number of ketones is 5. The third-order valence-electron chi connectivity index (χ3n) is 15.7. The van der Waals surface area contributed by atoms with Crippen molar-refractivity contribution in [2.24, 2.45) is 35.3 Å². The van der Waals surface area contributed by atoms with E-state index in [1.54, 1.807) is 105 Å². The molecule has 22 heteroatoms. The fraction of sp³-hybridized carbons (Fsp3) is 0.523. The number of aliphatic hydroxyl groups excluding tert-OH is 1. The van der Waals surface area contributed by atoms with Crippen molar-refractivity contribution in [3.8, 4) is 0 Å². The first-order chi connectivity index (χ1) is 41.1. The number of primary amides is 1. The number of benzene rings is 3. The highest BCUT2D eigenvalue weighted by atomic mass is 16.3. The Bertz CT molecular complexity index is 2900. The lowest BCUT2D eigenvalue weighted by molar-refractivity contribution is -0.144. The number of carbonyl (C=O) groups excluding carboxylic acids is 13. The van der Waals surface area contributed by atoms with Gasteiger partial charge in [0, 0.05) is 76.8 Å². The molecule has 0 spiro atoms. The number of amides is 8. The van der Waals surface area contributed by atoms with Crippen LogP contribution in [0.25, 0.3) is 0 Å². The highest BCUT2D eigenvalue weighted by molar-refractivity contribution is 6.00. The van der Waals surface area contributed by atoms with Gasteiger partial charge in [0.05, 0.1) is 37.2 Å². The van der Waals surface area contributed by atoms with Crippen LogP contribution in [0, 0.1) is 29.6 Å². The number of carbonyl (C=O) groups is 13. The van der Waals surface area contributed by atoms with E-state index in [1.807, 2.05) is 13.8 Å². The Morgan fingerprint density at radius 1 is 0.621 bits per heavy atom. The molecule has 8 N–H and O–H groups in total. The van der Waals surface area contributed by atoms with Gasteiger partial charge >= 0.3 is 0 Å². The second kappa shape index (κ2) is 34.8. The quantitative estimate of drug-likeness (QED) is 0.0964. The number of hydrogen-bond donors (Lipinski definition) is 7. The molecule has 0 saturated carbocycles. The largest absolute Gasteiger partial charge is 0.394 e. The molecule has 0 aliphatic carbocycles. The number of nitrogens with two attached hydrogens (primary N) is 1. The molecule has 1 heterocycles. The van der Waals surface area contributed by atoms with E-state index >= 15 is 0 Å². The van der Waals surface area contributed by atoms with Crippen LogP contribution in [0.1, 0.15) is 123 Å². The van der Waals surface area contributed by atoms with Crippen LogP contribution in [0.2, 0.25) is 0 Å². The molecule has 0 aromatic heterocycles. The average Bonchev–Trinajstić information content (AvgIpc) is 3.66. The SMILES string of the molecule is CC(C)C[C@@H]1NC(=O)CCC(=O)[C@H](Cc2ccccc2)N(C)C(=O)[C@H](C)CC(=O)C(Cc2ccccc2)NC(=O)C[C@@H](C(=O)N(C)[C@@H](C)C(=O)N[C@@H](CO)C(=O)CCC(N)=O)NC(=O)[C@H](Cc2ccccc2)CC(=O)[C@H](C(C)C)NC(=O)[C@H](C)CC1=O. The van der Waals surface area contributed by atoms with E-state index in [1.165, 1.54) is 39.8 Å². The minimum absolute atomic E-state index is 0.0535. The smallest absolute Gasteiger partial charge is 0.246 e. The second-order valence-electron chi connectivity index (χ2n) is 23.7. The first-order valence-electron chi connectivity index (χ1n) is 29.8. The van der Waals surface area contributed by atoms with E-state index in [9.17, 15) is 67.4 Å². The summed E-state index contributed by atoms with van der Waals surface area (Å²) in [5.74, 6) is -13.3. The van der Waals surface area contributed by atoms with E-state index < -0.39 is 174 Å². The topological polar surface area (TPSA) is 335 Å². The molecule has 0 radical (unpaired) electrons.